The number of aliphatic imine (C=N–C) groups is 1. The first-order valence-electron chi connectivity index (χ1n) is 10.5. The monoisotopic (exact) mass is 571 g/mol. The number of nitrogens with one attached hydrogen (secondary N) is 2. The molecule has 2 N–H and O–H groups in total. The van der Waals surface area contributed by atoms with Gasteiger partial charge in [0.15, 0.2) is 5.96 Å². The summed E-state index contributed by atoms with van der Waals surface area (Å²) in [5.74, 6) is 0.509. The van der Waals surface area contributed by atoms with Crippen molar-refractivity contribution in [1.29, 1.82) is 0 Å². The van der Waals surface area contributed by atoms with Crippen LogP contribution in [0.5, 0.6) is 5.75 Å². The number of para-hydroxylation sites is 1. The van der Waals surface area contributed by atoms with Gasteiger partial charge in [-0.15, -0.1) is 24.0 Å². The number of halogens is 4. The molecule has 0 saturated carbocycles. The number of hydrogen-bond donors (Lipinski definition) is 2. The van der Waals surface area contributed by atoms with Crippen molar-refractivity contribution in [3.63, 3.8) is 0 Å². The van der Waals surface area contributed by atoms with Gasteiger partial charge in [0.25, 0.3) is 0 Å². The molecule has 1 aliphatic heterocycles. The fourth-order valence-corrected chi connectivity index (χ4v) is 3.22. The quantitative estimate of drug-likeness (QED) is 0.218. The van der Waals surface area contributed by atoms with Crippen LogP contribution in [-0.2, 0) is 11.0 Å². The van der Waals surface area contributed by atoms with Gasteiger partial charge < -0.3 is 20.3 Å². The van der Waals surface area contributed by atoms with Crippen molar-refractivity contribution in [2.24, 2.45) is 4.99 Å². The zero-order valence-electron chi connectivity index (χ0n) is 18.7. The van der Waals surface area contributed by atoms with Gasteiger partial charge in [-0.2, -0.15) is 13.2 Å². The lowest BCUT2D eigenvalue weighted by atomic mass is 10.1. The summed E-state index contributed by atoms with van der Waals surface area (Å²) in [4.78, 5) is 20.0. The Kier molecular flexibility index (Phi) is 12.1. The van der Waals surface area contributed by atoms with Crippen molar-refractivity contribution in [1.82, 2.24) is 20.4 Å². The third-order valence-corrected chi connectivity index (χ3v) is 4.94. The van der Waals surface area contributed by atoms with E-state index in [0.717, 1.165) is 32.0 Å². The fraction of sp³-hybridized carbons (Fsp3) is 0.619. The lowest BCUT2D eigenvalue weighted by molar-refractivity contribution is -0.139. The van der Waals surface area contributed by atoms with Crippen molar-refractivity contribution in [3.8, 4) is 5.75 Å². The largest absolute Gasteiger partial charge is 0.491 e. The molecule has 1 saturated heterocycles. The summed E-state index contributed by atoms with van der Waals surface area (Å²) in [5.41, 5.74) is -0.788. The van der Waals surface area contributed by atoms with Gasteiger partial charge in [-0.1, -0.05) is 12.1 Å². The van der Waals surface area contributed by atoms with Gasteiger partial charge >= 0.3 is 6.18 Å². The maximum atomic E-state index is 13.0. The molecular weight excluding hydrogens is 538 g/mol. The lowest BCUT2D eigenvalue weighted by Gasteiger charge is -2.33. The van der Waals surface area contributed by atoms with Crippen molar-refractivity contribution < 1.29 is 22.7 Å². The van der Waals surface area contributed by atoms with Crippen LogP contribution in [0, 0.1) is 0 Å². The maximum Gasteiger partial charge on any atom is 0.419 e. The molecule has 7 nitrogen and oxygen atoms in total. The number of guanidine groups is 1. The molecule has 0 atom stereocenters. The van der Waals surface area contributed by atoms with Crippen LogP contribution in [0.25, 0.3) is 0 Å². The molecule has 32 heavy (non-hydrogen) atoms. The van der Waals surface area contributed by atoms with Crippen molar-refractivity contribution in [2.45, 2.75) is 32.0 Å². The van der Waals surface area contributed by atoms with Gasteiger partial charge in [-0.25, -0.2) is 4.99 Å². The number of hydrogen-bond acceptors (Lipinski definition) is 4. The molecule has 1 fully saturated rings. The molecule has 182 valence electrons. The van der Waals surface area contributed by atoms with Crippen LogP contribution in [0.3, 0.4) is 0 Å². The fourth-order valence-electron chi connectivity index (χ4n) is 3.22. The summed E-state index contributed by atoms with van der Waals surface area (Å²) < 4.78 is 44.4. The molecule has 0 unspecified atom stereocenters. The highest BCUT2D eigenvalue weighted by Crippen LogP contribution is 2.35. The van der Waals surface area contributed by atoms with Gasteiger partial charge in [-0.05, 0) is 31.9 Å². The number of likely N-dealkylation sites (N-methyl/N-ethyl adjacent to an activating group) is 1. The normalized spacial score (nSPS) is 15.6. The number of carbonyl (C=O) groups is 1. The smallest absolute Gasteiger partial charge is 0.419 e. The number of likely N-dealkylation sites (tertiary alicyclic amines) is 1. The highest BCUT2D eigenvalue weighted by molar-refractivity contribution is 14.0. The van der Waals surface area contributed by atoms with Gasteiger partial charge in [0.05, 0.1) is 18.7 Å². The molecule has 1 aromatic carbocycles. The third-order valence-electron chi connectivity index (χ3n) is 4.94. The SMILES string of the molecule is CCNC(=NCCOc1ccccc1C(F)(F)F)NC1CCN(CC(=O)N(C)C)CC1.I. The van der Waals surface area contributed by atoms with Crippen LogP contribution in [0.4, 0.5) is 13.2 Å². The summed E-state index contributed by atoms with van der Waals surface area (Å²) in [7, 11) is 3.50. The zero-order valence-corrected chi connectivity index (χ0v) is 21.1. The molecule has 1 aliphatic rings. The molecule has 0 aliphatic carbocycles. The van der Waals surface area contributed by atoms with E-state index in [9.17, 15) is 18.0 Å². The summed E-state index contributed by atoms with van der Waals surface area (Å²) in [6, 6.07) is 5.38. The van der Waals surface area contributed by atoms with Crippen LogP contribution in [0.15, 0.2) is 29.3 Å². The van der Waals surface area contributed by atoms with E-state index in [1.807, 2.05) is 6.92 Å². The minimum absolute atomic E-state index is 0. The number of carbonyl (C=O) groups excluding carboxylic acids is 1. The van der Waals surface area contributed by atoms with Gasteiger partial charge in [-0.3, -0.25) is 9.69 Å². The highest BCUT2D eigenvalue weighted by atomic mass is 127. The Morgan fingerprint density at radius 2 is 1.91 bits per heavy atom. The first-order chi connectivity index (χ1) is 14.7. The van der Waals surface area contributed by atoms with E-state index >= 15 is 0 Å². The second kappa shape index (κ2) is 13.7. The van der Waals surface area contributed by atoms with Crippen LogP contribution in [0.1, 0.15) is 25.3 Å². The Morgan fingerprint density at radius 3 is 2.50 bits per heavy atom. The molecule has 1 amide bonds. The summed E-state index contributed by atoms with van der Waals surface area (Å²) in [5, 5.41) is 6.52. The molecule has 0 radical (unpaired) electrons. The zero-order chi connectivity index (χ0) is 22.9. The number of benzene rings is 1. The number of rotatable bonds is 8. The van der Waals surface area contributed by atoms with Crippen LogP contribution >= 0.6 is 24.0 Å². The summed E-state index contributed by atoms with van der Waals surface area (Å²) in [6.07, 6.45) is -2.70. The van der Waals surface area contributed by atoms with Gasteiger partial charge in [0.1, 0.15) is 12.4 Å². The number of amides is 1. The second-order valence-corrected chi connectivity index (χ2v) is 7.59. The van der Waals surface area contributed by atoms with Crippen LogP contribution < -0.4 is 15.4 Å². The number of alkyl halides is 3. The Labute approximate surface area is 204 Å². The second-order valence-electron chi connectivity index (χ2n) is 7.59. The first kappa shape index (κ1) is 28.3. The van der Waals surface area contributed by atoms with Gasteiger partial charge in [0.2, 0.25) is 5.91 Å². The molecule has 11 heteroatoms. The maximum absolute atomic E-state index is 13.0. The highest BCUT2D eigenvalue weighted by Gasteiger charge is 2.34. The van der Waals surface area contributed by atoms with Crippen LogP contribution in [-0.4, -0.2) is 81.1 Å². The van der Waals surface area contributed by atoms with Gasteiger partial charge in [0, 0.05) is 39.8 Å². The van der Waals surface area contributed by atoms with Crippen LogP contribution in [0.2, 0.25) is 0 Å². The average Bonchev–Trinajstić information content (AvgIpc) is 2.72. The van der Waals surface area contributed by atoms with E-state index in [2.05, 4.69) is 20.5 Å². The summed E-state index contributed by atoms with van der Waals surface area (Å²) in [6.45, 7) is 4.92. The average molecular weight is 571 g/mol. The first-order valence-corrected chi connectivity index (χ1v) is 10.5. The predicted molar refractivity (Wildman–Crippen MR) is 130 cm³/mol. The van der Waals surface area contributed by atoms with E-state index in [0.29, 0.717) is 19.0 Å². The Hall–Kier alpha value is -1.76. The molecule has 1 aromatic rings. The topological polar surface area (TPSA) is 69.2 Å². The van der Waals surface area contributed by atoms with E-state index in [4.69, 9.17) is 4.74 Å². The summed E-state index contributed by atoms with van der Waals surface area (Å²) >= 11 is 0. The lowest BCUT2D eigenvalue weighted by Crippen LogP contribution is -2.50. The number of piperidine rings is 1. The molecule has 1 heterocycles. The van der Waals surface area contributed by atoms with E-state index in [1.165, 1.54) is 18.2 Å². The standard InChI is InChI=1S/C21H32F3N5O2.HI/c1-4-25-20(27-16-9-12-29(13-10-16)15-19(30)28(2)3)26-11-14-31-18-8-6-5-7-17(18)21(22,23)24;/h5-8,16H,4,9-15H2,1-3H3,(H2,25,26,27);1H. The third kappa shape index (κ3) is 9.39. The number of nitrogens with zero attached hydrogens (tertiary/aromatic N) is 3. The number of ether oxygens (including phenoxy) is 1. The van der Waals surface area contributed by atoms with E-state index < -0.39 is 11.7 Å². The Morgan fingerprint density at radius 1 is 1.25 bits per heavy atom. The van der Waals surface area contributed by atoms with E-state index in [-0.39, 0.29) is 54.8 Å². The minimum Gasteiger partial charge on any atom is -0.491 e. The molecule has 0 spiro atoms. The van der Waals surface area contributed by atoms with E-state index in [1.54, 1.807) is 19.0 Å². The van der Waals surface area contributed by atoms with Crippen molar-refractivity contribution in [3.05, 3.63) is 29.8 Å². The molecular formula is C21H33F3IN5O2. The predicted octanol–water partition coefficient (Wildman–Crippen LogP) is 2.81. The van der Waals surface area contributed by atoms with Crippen molar-refractivity contribution >= 4 is 35.8 Å². The Bertz CT molecular complexity index is 738. The van der Waals surface area contributed by atoms with Crippen molar-refractivity contribution in [2.75, 3.05) is 53.4 Å². The molecule has 0 bridgehead atoms. The minimum atomic E-state index is -4.46. The Balaban J connectivity index is 0.00000512. The molecule has 0 aromatic heterocycles. The molecule has 2 rings (SSSR count).